The summed E-state index contributed by atoms with van der Waals surface area (Å²) in [7, 11) is 0. The van der Waals surface area contributed by atoms with E-state index in [1.165, 1.54) is 6.20 Å². The zero-order valence-electron chi connectivity index (χ0n) is 9.29. The Hall–Kier alpha value is -2.69. The summed E-state index contributed by atoms with van der Waals surface area (Å²) in [6.07, 6.45) is 2.94. The number of nitrogens with one attached hydrogen (secondary N) is 1. The average molecular weight is 239 g/mol. The van der Waals surface area contributed by atoms with Gasteiger partial charge in [0.2, 0.25) is 0 Å². The lowest BCUT2D eigenvalue weighted by molar-refractivity contribution is 0.0698. The van der Waals surface area contributed by atoms with Gasteiger partial charge in [0.15, 0.2) is 0 Å². The highest BCUT2D eigenvalue weighted by Crippen LogP contribution is 2.23. The summed E-state index contributed by atoms with van der Waals surface area (Å²) in [6.45, 7) is 0. The minimum Gasteiger partial charge on any atom is -0.478 e. The van der Waals surface area contributed by atoms with Gasteiger partial charge in [-0.2, -0.15) is 5.10 Å². The fourth-order valence-electron chi connectivity index (χ4n) is 1.88. The van der Waals surface area contributed by atoms with Crippen LogP contribution in [0.15, 0.2) is 42.7 Å². The Labute approximate surface area is 102 Å². The number of H-pyrrole nitrogens is 1. The maximum Gasteiger partial charge on any atom is 0.339 e. The first-order valence-corrected chi connectivity index (χ1v) is 5.37. The molecule has 2 heterocycles. The SMILES string of the molecule is O=C(O)c1cn[nH]c1-c1cnc2ccccc2c1. The van der Waals surface area contributed by atoms with Gasteiger partial charge >= 0.3 is 5.97 Å². The molecule has 0 amide bonds. The molecular weight excluding hydrogens is 230 g/mol. The van der Waals surface area contributed by atoms with Gasteiger partial charge in [-0.3, -0.25) is 10.1 Å². The molecule has 0 aliphatic carbocycles. The van der Waals surface area contributed by atoms with E-state index in [9.17, 15) is 4.79 Å². The predicted molar refractivity (Wildman–Crippen MR) is 66.3 cm³/mol. The monoisotopic (exact) mass is 239 g/mol. The number of aromatic nitrogens is 3. The number of fused-ring (bicyclic) bond motifs is 1. The molecule has 5 nitrogen and oxygen atoms in total. The third-order valence-corrected chi connectivity index (χ3v) is 2.75. The maximum atomic E-state index is 11.0. The summed E-state index contributed by atoms with van der Waals surface area (Å²) < 4.78 is 0. The van der Waals surface area contributed by atoms with E-state index in [1.807, 2.05) is 30.3 Å². The highest BCUT2D eigenvalue weighted by molar-refractivity contribution is 5.95. The summed E-state index contributed by atoms with van der Waals surface area (Å²) >= 11 is 0. The number of benzene rings is 1. The van der Waals surface area contributed by atoms with Crippen LogP contribution in [0.25, 0.3) is 22.2 Å². The number of para-hydroxylation sites is 1. The van der Waals surface area contributed by atoms with E-state index in [-0.39, 0.29) is 5.56 Å². The molecule has 0 fully saturated rings. The Balaban J connectivity index is 2.19. The molecule has 18 heavy (non-hydrogen) atoms. The van der Waals surface area contributed by atoms with Gasteiger partial charge in [0.25, 0.3) is 0 Å². The molecule has 0 saturated carbocycles. The molecule has 0 atom stereocenters. The Bertz CT molecular complexity index is 734. The molecule has 3 rings (SSSR count). The molecule has 0 radical (unpaired) electrons. The van der Waals surface area contributed by atoms with Crippen LogP contribution in [-0.2, 0) is 0 Å². The molecule has 2 N–H and O–H groups in total. The van der Waals surface area contributed by atoms with Gasteiger partial charge in [-0.15, -0.1) is 0 Å². The number of aromatic carboxylic acids is 1. The van der Waals surface area contributed by atoms with Gasteiger partial charge in [-0.25, -0.2) is 4.79 Å². The number of carboxylic acids is 1. The van der Waals surface area contributed by atoms with E-state index in [1.54, 1.807) is 6.20 Å². The Morgan fingerprint density at radius 1 is 1.22 bits per heavy atom. The van der Waals surface area contributed by atoms with Crippen LogP contribution >= 0.6 is 0 Å². The molecule has 0 spiro atoms. The first kappa shape index (κ1) is 10.5. The van der Waals surface area contributed by atoms with E-state index in [0.29, 0.717) is 11.3 Å². The highest BCUT2D eigenvalue weighted by atomic mass is 16.4. The van der Waals surface area contributed by atoms with Gasteiger partial charge in [0, 0.05) is 17.1 Å². The zero-order chi connectivity index (χ0) is 12.5. The quantitative estimate of drug-likeness (QED) is 0.719. The van der Waals surface area contributed by atoms with Gasteiger partial charge in [-0.05, 0) is 12.1 Å². The molecule has 0 aliphatic rings. The summed E-state index contributed by atoms with van der Waals surface area (Å²) in [5.74, 6) is -1.01. The van der Waals surface area contributed by atoms with Crippen molar-refractivity contribution < 1.29 is 9.90 Å². The van der Waals surface area contributed by atoms with E-state index in [2.05, 4.69) is 15.2 Å². The predicted octanol–water partition coefficient (Wildman–Crippen LogP) is 2.32. The van der Waals surface area contributed by atoms with Gasteiger partial charge in [0.1, 0.15) is 5.56 Å². The molecule has 3 aromatic rings. The molecule has 0 bridgehead atoms. The Kier molecular flexibility index (Phi) is 2.30. The van der Waals surface area contributed by atoms with Gasteiger partial charge in [-0.1, -0.05) is 18.2 Å². The molecule has 5 heteroatoms. The van der Waals surface area contributed by atoms with Crippen molar-refractivity contribution in [3.8, 4) is 11.3 Å². The Morgan fingerprint density at radius 2 is 2.06 bits per heavy atom. The summed E-state index contributed by atoms with van der Waals surface area (Å²) in [5, 5.41) is 16.5. The fourth-order valence-corrected chi connectivity index (χ4v) is 1.88. The number of hydrogen-bond acceptors (Lipinski definition) is 3. The standard InChI is InChI=1S/C13H9N3O2/c17-13(18)10-7-15-16-12(10)9-5-8-3-1-2-4-11(8)14-6-9/h1-7H,(H,15,16)(H,17,18). The molecule has 2 aromatic heterocycles. The second-order valence-electron chi connectivity index (χ2n) is 3.88. The lowest BCUT2D eigenvalue weighted by atomic mass is 10.1. The van der Waals surface area contributed by atoms with Crippen molar-refractivity contribution in [3.63, 3.8) is 0 Å². The second-order valence-corrected chi connectivity index (χ2v) is 3.88. The first-order chi connectivity index (χ1) is 8.75. The topological polar surface area (TPSA) is 78.9 Å². The van der Waals surface area contributed by atoms with Crippen LogP contribution in [0.5, 0.6) is 0 Å². The van der Waals surface area contributed by atoms with Crippen LogP contribution < -0.4 is 0 Å². The second kappa shape index (κ2) is 3.96. The molecule has 0 unspecified atom stereocenters. The fraction of sp³-hybridized carbons (Fsp3) is 0. The van der Waals surface area contributed by atoms with Crippen LogP contribution in [0.3, 0.4) is 0 Å². The summed E-state index contributed by atoms with van der Waals surface area (Å²) in [4.78, 5) is 15.3. The van der Waals surface area contributed by atoms with Crippen molar-refractivity contribution in [2.75, 3.05) is 0 Å². The normalized spacial score (nSPS) is 10.7. The minimum absolute atomic E-state index is 0.145. The number of nitrogens with zero attached hydrogens (tertiary/aromatic N) is 2. The van der Waals surface area contributed by atoms with Crippen molar-refractivity contribution in [2.45, 2.75) is 0 Å². The van der Waals surface area contributed by atoms with Crippen LogP contribution in [0.1, 0.15) is 10.4 Å². The average Bonchev–Trinajstić information content (AvgIpc) is 2.87. The molecule has 1 aromatic carbocycles. The number of carboxylic acid groups (broad SMARTS) is 1. The molecule has 0 aliphatic heterocycles. The number of aromatic amines is 1. The van der Waals surface area contributed by atoms with E-state index >= 15 is 0 Å². The highest BCUT2D eigenvalue weighted by Gasteiger charge is 2.14. The number of hydrogen-bond donors (Lipinski definition) is 2. The number of rotatable bonds is 2. The van der Waals surface area contributed by atoms with Crippen LogP contribution in [0.4, 0.5) is 0 Å². The van der Waals surface area contributed by atoms with Crippen molar-refractivity contribution >= 4 is 16.9 Å². The Morgan fingerprint density at radius 3 is 2.89 bits per heavy atom. The van der Waals surface area contributed by atoms with Crippen LogP contribution in [0, 0.1) is 0 Å². The van der Waals surface area contributed by atoms with E-state index in [0.717, 1.165) is 10.9 Å². The molecule has 88 valence electrons. The van der Waals surface area contributed by atoms with Crippen LogP contribution in [0.2, 0.25) is 0 Å². The van der Waals surface area contributed by atoms with Crippen molar-refractivity contribution in [1.82, 2.24) is 15.2 Å². The van der Waals surface area contributed by atoms with Crippen molar-refractivity contribution in [2.24, 2.45) is 0 Å². The van der Waals surface area contributed by atoms with Crippen molar-refractivity contribution in [3.05, 3.63) is 48.3 Å². The third-order valence-electron chi connectivity index (χ3n) is 2.75. The lowest BCUT2D eigenvalue weighted by Crippen LogP contribution is -1.97. The minimum atomic E-state index is -1.01. The summed E-state index contributed by atoms with van der Waals surface area (Å²) in [6, 6.07) is 9.56. The number of pyridine rings is 1. The van der Waals surface area contributed by atoms with E-state index in [4.69, 9.17) is 5.11 Å². The third kappa shape index (κ3) is 1.62. The van der Waals surface area contributed by atoms with Crippen LogP contribution in [-0.4, -0.2) is 26.3 Å². The summed E-state index contributed by atoms with van der Waals surface area (Å²) in [5.41, 5.74) is 2.20. The molecular formula is C13H9N3O2. The van der Waals surface area contributed by atoms with Crippen molar-refractivity contribution in [1.29, 1.82) is 0 Å². The largest absolute Gasteiger partial charge is 0.478 e. The first-order valence-electron chi connectivity index (χ1n) is 5.37. The van der Waals surface area contributed by atoms with E-state index < -0.39 is 5.97 Å². The molecule has 0 saturated heterocycles. The maximum absolute atomic E-state index is 11.0. The lowest BCUT2D eigenvalue weighted by Gasteiger charge is -2.02. The van der Waals surface area contributed by atoms with Gasteiger partial charge in [0.05, 0.1) is 17.4 Å². The zero-order valence-corrected chi connectivity index (χ0v) is 9.29. The smallest absolute Gasteiger partial charge is 0.339 e. The number of carbonyl (C=O) groups is 1. The van der Waals surface area contributed by atoms with Gasteiger partial charge < -0.3 is 5.11 Å².